The molecule has 1 unspecified atom stereocenters. The Balaban J connectivity index is 1.90. The van der Waals surface area contributed by atoms with E-state index in [1.165, 1.54) is 4.31 Å². The molecule has 0 radical (unpaired) electrons. The highest BCUT2D eigenvalue weighted by Gasteiger charge is 2.26. The average Bonchev–Trinajstić information content (AvgIpc) is 3.45. The Labute approximate surface area is 149 Å². The van der Waals surface area contributed by atoms with Gasteiger partial charge in [0.15, 0.2) is 0 Å². The van der Waals surface area contributed by atoms with Crippen LogP contribution >= 0.6 is 0 Å². The van der Waals surface area contributed by atoms with Crippen LogP contribution in [0, 0.1) is 0 Å². The summed E-state index contributed by atoms with van der Waals surface area (Å²) in [5.74, 6) is 0.681. The van der Waals surface area contributed by atoms with Crippen molar-refractivity contribution in [2.45, 2.75) is 30.8 Å². The molecule has 0 aliphatic carbocycles. The summed E-state index contributed by atoms with van der Waals surface area (Å²) in [5, 5.41) is 0. The van der Waals surface area contributed by atoms with Crippen LogP contribution in [0.5, 0.6) is 5.75 Å². The Morgan fingerprint density at radius 1 is 1.20 bits per heavy atom. The van der Waals surface area contributed by atoms with Gasteiger partial charge in [0.1, 0.15) is 18.5 Å². The zero-order valence-corrected chi connectivity index (χ0v) is 15.3. The minimum absolute atomic E-state index is 0.169. The molecular formula is C19H23NO4S. The first kappa shape index (κ1) is 17.8. The average molecular weight is 361 g/mol. The van der Waals surface area contributed by atoms with E-state index in [9.17, 15) is 8.42 Å². The molecule has 134 valence electrons. The van der Waals surface area contributed by atoms with E-state index in [1.807, 2.05) is 31.2 Å². The van der Waals surface area contributed by atoms with Gasteiger partial charge in [-0.1, -0.05) is 31.5 Å². The number of sulfonamides is 1. The summed E-state index contributed by atoms with van der Waals surface area (Å²) in [6.07, 6.45) is 1.70. The van der Waals surface area contributed by atoms with Crippen molar-refractivity contribution in [3.05, 3.63) is 54.1 Å². The third kappa shape index (κ3) is 4.14. The quantitative estimate of drug-likeness (QED) is 0.677. The summed E-state index contributed by atoms with van der Waals surface area (Å²) in [7, 11) is -2.05. The zero-order chi connectivity index (χ0) is 17.9. The Morgan fingerprint density at radius 3 is 2.56 bits per heavy atom. The highest BCUT2D eigenvalue weighted by atomic mass is 32.2. The number of rotatable bonds is 8. The number of benzene rings is 2. The molecule has 0 N–H and O–H groups in total. The Bertz CT molecular complexity index is 817. The molecule has 2 aromatic rings. The maximum Gasteiger partial charge on any atom is 0.264 e. The van der Waals surface area contributed by atoms with Crippen LogP contribution in [-0.4, -0.2) is 34.8 Å². The van der Waals surface area contributed by atoms with Gasteiger partial charge in [-0.25, -0.2) is 8.42 Å². The van der Waals surface area contributed by atoms with Gasteiger partial charge < -0.3 is 9.47 Å². The lowest BCUT2D eigenvalue weighted by Gasteiger charge is -2.21. The van der Waals surface area contributed by atoms with Crippen molar-refractivity contribution in [3.63, 3.8) is 0 Å². The molecule has 0 amide bonds. The van der Waals surface area contributed by atoms with Gasteiger partial charge in [-0.2, -0.15) is 0 Å². The molecule has 0 bridgehead atoms. The van der Waals surface area contributed by atoms with Crippen LogP contribution in [-0.2, 0) is 21.2 Å². The van der Waals surface area contributed by atoms with Crippen LogP contribution in [0.25, 0.3) is 0 Å². The molecule has 1 aliphatic rings. The summed E-state index contributed by atoms with van der Waals surface area (Å²) >= 11 is 0. The second-order valence-electron chi connectivity index (χ2n) is 6.09. The molecule has 1 aliphatic heterocycles. The minimum Gasteiger partial charge on any atom is -0.491 e. The zero-order valence-electron chi connectivity index (χ0n) is 14.5. The Morgan fingerprint density at radius 2 is 1.92 bits per heavy atom. The van der Waals surface area contributed by atoms with E-state index in [-0.39, 0.29) is 6.10 Å². The fraction of sp³-hybridized carbons (Fsp3) is 0.368. The second-order valence-corrected chi connectivity index (χ2v) is 8.03. The topological polar surface area (TPSA) is 59.1 Å². The van der Waals surface area contributed by atoms with Gasteiger partial charge in [0.05, 0.1) is 17.2 Å². The lowest BCUT2D eigenvalue weighted by atomic mass is 10.1. The SMILES string of the molecule is CCCc1cc(OCC2CO2)ccc1S(=O)(=O)N(C)c1ccccc1. The van der Waals surface area contributed by atoms with Crippen molar-refractivity contribution in [2.75, 3.05) is 24.6 Å². The first-order valence-corrected chi connectivity index (χ1v) is 9.87. The van der Waals surface area contributed by atoms with Crippen molar-refractivity contribution < 1.29 is 17.9 Å². The van der Waals surface area contributed by atoms with Crippen LogP contribution in [0.3, 0.4) is 0 Å². The number of para-hydroxylation sites is 1. The highest BCUT2D eigenvalue weighted by Crippen LogP contribution is 2.28. The van der Waals surface area contributed by atoms with Crippen LogP contribution in [0.15, 0.2) is 53.4 Å². The van der Waals surface area contributed by atoms with E-state index in [0.29, 0.717) is 29.4 Å². The lowest BCUT2D eigenvalue weighted by molar-refractivity contribution is 0.262. The number of anilines is 1. The third-order valence-electron chi connectivity index (χ3n) is 4.15. The van der Waals surface area contributed by atoms with Crippen molar-refractivity contribution in [1.29, 1.82) is 0 Å². The summed E-state index contributed by atoms with van der Waals surface area (Å²) in [6, 6.07) is 14.3. The fourth-order valence-corrected chi connectivity index (χ4v) is 4.07. The molecule has 1 saturated heterocycles. The second kappa shape index (κ2) is 7.45. The van der Waals surface area contributed by atoms with Crippen LogP contribution in [0.1, 0.15) is 18.9 Å². The molecule has 0 aromatic heterocycles. The van der Waals surface area contributed by atoms with Crippen LogP contribution in [0.4, 0.5) is 5.69 Å². The van der Waals surface area contributed by atoms with Gasteiger partial charge in [-0.05, 0) is 42.3 Å². The minimum atomic E-state index is -3.63. The predicted molar refractivity (Wildman–Crippen MR) is 97.7 cm³/mol. The van der Waals surface area contributed by atoms with Gasteiger partial charge in [0, 0.05) is 7.05 Å². The van der Waals surface area contributed by atoms with Crippen molar-refractivity contribution in [3.8, 4) is 5.75 Å². The van der Waals surface area contributed by atoms with E-state index in [1.54, 1.807) is 31.3 Å². The number of nitrogens with zero attached hydrogens (tertiary/aromatic N) is 1. The summed E-state index contributed by atoms with van der Waals surface area (Å²) < 4.78 is 38.3. The van der Waals surface area contributed by atoms with Crippen molar-refractivity contribution in [1.82, 2.24) is 0 Å². The molecule has 5 nitrogen and oxygen atoms in total. The molecule has 1 heterocycles. The van der Waals surface area contributed by atoms with E-state index in [0.717, 1.165) is 18.6 Å². The Kier molecular flexibility index (Phi) is 5.30. The molecule has 1 atom stereocenters. The summed E-state index contributed by atoms with van der Waals surface area (Å²) in [6.45, 7) is 3.26. The first-order chi connectivity index (χ1) is 12.0. The van der Waals surface area contributed by atoms with Gasteiger partial charge in [-0.3, -0.25) is 4.31 Å². The number of aryl methyl sites for hydroxylation is 1. The highest BCUT2D eigenvalue weighted by molar-refractivity contribution is 7.92. The molecule has 25 heavy (non-hydrogen) atoms. The van der Waals surface area contributed by atoms with Crippen molar-refractivity contribution in [2.24, 2.45) is 0 Å². The molecule has 6 heteroatoms. The fourth-order valence-electron chi connectivity index (χ4n) is 2.64. The maximum atomic E-state index is 13.1. The molecular weight excluding hydrogens is 338 g/mol. The van der Waals surface area contributed by atoms with E-state index in [4.69, 9.17) is 9.47 Å². The number of hydrogen-bond donors (Lipinski definition) is 0. The number of ether oxygens (including phenoxy) is 2. The summed E-state index contributed by atoms with van der Waals surface area (Å²) in [5.41, 5.74) is 1.41. The van der Waals surface area contributed by atoms with E-state index < -0.39 is 10.0 Å². The van der Waals surface area contributed by atoms with Crippen LogP contribution < -0.4 is 9.04 Å². The van der Waals surface area contributed by atoms with Gasteiger partial charge >= 0.3 is 0 Å². The monoisotopic (exact) mass is 361 g/mol. The number of epoxide rings is 1. The lowest BCUT2D eigenvalue weighted by Crippen LogP contribution is -2.27. The summed E-state index contributed by atoms with van der Waals surface area (Å²) in [4.78, 5) is 0.329. The van der Waals surface area contributed by atoms with Gasteiger partial charge in [-0.15, -0.1) is 0 Å². The molecule has 3 rings (SSSR count). The molecule has 2 aromatic carbocycles. The molecule has 1 fully saturated rings. The Hall–Kier alpha value is -2.05. The number of hydrogen-bond acceptors (Lipinski definition) is 4. The maximum absolute atomic E-state index is 13.1. The first-order valence-electron chi connectivity index (χ1n) is 8.43. The largest absolute Gasteiger partial charge is 0.491 e. The van der Waals surface area contributed by atoms with Crippen molar-refractivity contribution >= 4 is 15.7 Å². The predicted octanol–water partition coefficient (Wildman–Crippen LogP) is 3.24. The molecule has 0 saturated carbocycles. The smallest absolute Gasteiger partial charge is 0.264 e. The normalized spacial score (nSPS) is 16.5. The van der Waals surface area contributed by atoms with Gasteiger partial charge in [0.2, 0.25) is 0 Å². The standard InChI is InChI=1S/C19H23NO4S/c1-3-7-15-12-17(23-13-18-14-24-18)10-11-19(15)25(21,22)20(2)16-8-5-4-6-9-16/h4-6,8-12,18H,3,7,13-14H2,1-2H3. The third-order valence-corrected chi connectivity index (χ3v) is 6.03. The van der Waals surface area contributed by atoms with Gasteiger partial charge in [0.25, 0.3) is 10.0 Å². The van der Waals surface area contributed by atoms with E-state index >= 15 is 0 Å². The van der Waals surface area contributed by atoms with E-state index in [2.05, 4.69) is 0 Å². The molecule has 0 spiro atoms. The van der Waals surface area contributed by atoms with Crippen LogP contribution in [0.2, 0.25) is 0 Å².